The number of benzene rings is 1. The van der Waals surface area contributed by atoms with Crippen LogP contribution in [0, 0.1) is 13.8 Å². The average Bonchev–Trinajstić information content (AvgIpc) is 2.75. The summed E-state index contributed by atoms with van der Waals surface area (Å²) in [5, 5.41) is 3.97. The number of carbonyl (C=O) groups excluding carboxylic acids is 2. The minimum absolute atomic E-state index is 0.0481. The molecule has 1 atom stereocenters. The number of piperazine rings is 1. The Labute approximate surface area is 201 Å². The van der Waals surface area contributed by atoms with Gasteiger partial charge in [-0.2, -0.15) is 11.8 Å². The zero-order valence-electron chi connectivity index (χ0n) is 20.6. The predicted octanol–water partition coefficient (Wildman–Crippen LogP) is 4.15. The number of hydrogen-bond acceptors (Lipinski definition) is 6. The Bertz CT molecular complexity index is 997. The first-order valence-corrected chi connectivity index (χ1v) is 12.9. The lowest BCUT2D eigenvalue weighted by Crippen LogP contribution is -2.55. The number of carbonyl (C=O) groups is 2. The number of rotatable bonds is 6. The Morgan fingerprint density at radius 1 is 1.15 bits per heavy atom. The first-order chi connectivity index (χ1) is 15.6. The van der Waals surface area contributed by atoms with E-state index < -0.39 is 17.7 Å². The number of hydrogen-bond donors (Lipinski definition) is 1. The molecule has 1 N–H and O–H groups in total. The number of nitrogens with zero attached hydrogens (tertiary/aromatic N) is 3. The molecule has 1 fully saturated rings. The Morgan fingerprint density at radius 2 is 1.85 bits per heavy atom. The molecule has 7 nitrogen and oxygen atoms in total. The summed E-state index contributed by atoms with van der Waals surface area (Å²) in [5.74, 6) is 1.69. The molecule has 33 heavy (non-hydrogen) atoms. The number of aryl methyl sites for hydroxylation is 2. The van der Waals surface area contributed by atoms with Crippen LogP contribution in [-0.2, 0) is 9.53 Å². The third kappa shape index (κ3) is 6.53. The molecule has 1 saturated heterocycles. The van der Waals surface area contributed by atoms with Crippen molar-refractivity contribution in [3.05, 3.63) is 35.4 Å². The van der Waals surface area contributed by atoms with Gasteiger partial charge in [-0.25, -0.2) is 9.78 Å². The van der Waals surface area contributed by atoms with Crippen LogP contribution in [-0.4, -0.2) is 71.7 Å². The SMILES string of the molecule is CSCCC(NC(=O)OC(C)(C)C)C(=O)N1CCN(c2cc(C)c3cccc(C)c3n2)CC1. The van der Waals surface area contributed by atoms with E-state index in [2.05, 4.69) is 48.3 Å². The van der Waals surface area contributed by atoms with Gasteiger partial charge in [-0.1, -0.05) is 18.2 Å². The van der Waals surface area contributed by atoms with E-state index in [1.54, 1.807) is 11.8 Å². The van der Waals surface area contributed by atoms with Crippen molar-refractivity contribution in [3.63, 3.8) is 0 Å². The number of anilines is 1. The fourth-order valence-electron chi connectivity index (χ4n) is 4.03. The molecule has 2 aromatic rings. The zero-order chi connectivity index (χ0) is 24.2. The summed E-state index contributed by atoms with van der Waals surface area (Å²) in [6.45, 7) is 12.2. The highest BCUT2D eigenvalue weighted by Gasteiger charge is 2.30. The highest BCUT2D eigenvalue weighted by Crippen LogP contribution is 2.25. The second-order valence-corrected chi connectivity index (χ2v) is 10.5. The fraction of sp³-hybridized carbons (Fsp3) is 0.560. The molecular weight excluding hydrogens is 436 g/mol. The number of aromatic nitrogens is 1. The molecule has 0 bridgehead atoms. The Hall–Kier alpha value is -2.48. The predicted molar refractivity (Wildman–Crippen MR) is 136 cm³/mol. The van der Waals surface area contributed by atoms with E-state index in [9.17, 15) is 9.59 Å². The smallest absolute Gasteiger partial charge is 0.408 e. The number of alkyl carbamates (subject to hydrolysis) is 1. The first kappa shape index (κ1) is 25.1. The minimum atomic E-state index is -0.605. The maximum absolute atomic E-state index is 13.2. The molecule has 1 unspecified atom stereocenters. The minimum Gasteiger partial charge on any atom is -0.444 e. The summed E-state index contributed by atoms with van der Waals surface area (Å²) >= 11 is 1.66. The molecule has 1 aliphatic heterocycles. The molecule has 0 spiro atoms. The highest BCUT2D eigenvalue weighted by molar-refractivity contribution is 7.98. The number of nitrogens with one attached hydrogen (secondary N) is 1. The van der Waals surface area contributed by atoms with Crippen LogP contribution in [0.1, 0.15) is 38.3 Å². The molecule has 0 radical (unpaired) electrons. The van der Waals surface area contributed by atoms with Gasteiger partial charge in [0.15, 0.2) is 0 Å². The van der Waals surface area contributed by atoms with Crippen LogP contribution in [0.15, 0.2) is 24.3 Å². The largest absolute Gasteiger partial charge is 0.444 e. The Morgan fingerprint density at radius 3 is 2.48 bits per heavy atom. The van der Waals surface area contributed by atoms with Gasteiger partial charge in [0.05, 0.1) is 5.52 Å². The van der Waals surface area contributed by atoms with Crippen molar-refractivity contribution in [3.8, 4) is 0 Å². The first-order valence-electron chi connectivity index (χ1n) is 11.5. The fourth-order valence-corrected chi connectivity index (χ4v) is 4.50. The van der Waals surface area contributed by atoms with Gasteiger partial charge in [0.1, 0.15) is 17.5 Å². The van der Waals surface area contributed by atoms with Crippen LogP contribution in [0.25, 0.3) is 10.9 Å². The van der Waals surface area contributed by atoms with Crippen molar-refractivity contribution in [1.82, 2.24) is 15.2 Å². The van der Waals surface area contributed by atoms with Crippen molar-refractivity contribution in [2.45, 2.75) is 52.7 Å². The molecule has 0 saturated carbocycles. The monoisotopic (exact) mass is 472 g/mol. The lowest BCUT2D eigenvalue weighted by Gasteiger charge is -2.37. The summed E-state index contributed by atoms with van der Waals surface area (Å²) in [6, 6.07) is 7.81. The van der Waals surface area contributed by atoms with Crippen LogP contribution in [0.4, 0.5) is 10.6 Å². The van der Waals surface area contributed by atoms with E-state index in [0.29, 0.717) is 32.6 Å². The van der Waals surface area contributed by atoms with Crippen LogP contribution >= 0.6 is 11.8 Å². The summed E-state index contributed by atoms with van der Waals surface area (Å²) in [6.07, 6.45) is 2.02. The van der Waals surface area contributed by atoms with Crippen molar-refractivity contribution in [1.29, 1.82) is 0 Å². The third-order valence-corrected chi connectivity index (χ3v) is 6.39. The van der Waals surface area contributed by atoms with E-state index in [0.717, 1.165) is 22.7 Å². The average molecular weight is 473 g/mol. The molecule has 8 heteroatoms. The van der Waals surface area contributed by atoms with E-state index in [-0.39, 0.29) is 5.91 Å². The van der Waals surface area contributed by atoms with Crippen LogP contribution in [0.3, 0.4) is 0 Å². The molecule has 2 amide bonds. The van der Waals surface area contributed by atoms with E-state index in [4.69, 9.17) is 9.72 Å². The molecule has 1 aliphatic rings. The van der Waals surface area contributed by atoms with Crippen LogP contribution < -0.4 is 10.2 Å². The van der Waals surface area contributed by atoms with Gasteiger partial charge in [0.2, 0.25) is 5.91 Å². The highest BCUT2D eigenvalue weighted by atomic mass is 32.2. The lowest BCUT2D eigenvalue weighted by atomic mass is 10.1. The van der Waals surface area contributed by atoms with Crippen LogP contribution in [0.2, 0.25) is 0 Å². The number of ether oxygens (including phenoxy) is 1. The second-order valence-electron chi connectivity index (χ2n) is 9.56. The topological polar surface area (TPSA) is 74.8 Å². The van der Waals surface area contributed by atoms with Gasteiger partial charge >= 0.3 is 6.09 Å². The normalized spacial score (nSPS) is 15.5. The van der Waals surface area contributed by atoms with Gasteiger partial charge in [-0.15, -0.1) is 0 Å². The van der Waals surface area contributed by atoms with Gasteiger partial charge in [0.25, 0.3) is 0 Å². The maximum atomic E-state index is 13.2. The molecule has 180 valence electrons. The van der Waals surface area contributed by atoms with Crippen molar-refractivity contribution in [2.75, 3.05) is 43.1 Å². The van der Waals surface area contributed by atoms with Crippen molar-refractivity contribution in [2.24, 2.45) is 0 Å². The summed E-state index contributed by atoms with van der Waals surface area (Å²) in [5.41, 5.74) is 2.79. The number of amides is 2. The summed E-state index contributed by atoms with van der Waals surface area (Å²) in [4.78, 5) is 34.5. The van der Waals surface area contributed by atoms with Gasteiger partial charge in [-0.3, -0.25) is 4.79 Å². The second kappa shape index (κ2) is 10.6. The van der Waals surface area contributed by atoms with E-state index in [1.807, 2.05) is 31.9 Å². The summed E-state index contributed by atoms with van der Waals surface area (Å²) in [7, 11) is 0. The van der Waals surface area contributed by atoms with Crippen molar-refractivity contribution < 1.29 is 14.3 Å². The number of thioether (sulfide) groups is 1. The molecule has 1 aromatic carbocycles. The molecule has 1 aromatic heterocycles. The molecule has 2 heterocycles. The van der Waals surface area contributed by atoms with Gasteiger partial charge < -0.3 is 19.9 Å². The van der Waals surface area contributed by atoms with Gasteiger partial charge in [0, 0.05) is 31.6 Å². The van der Waals surface area contributed by atoms with Crippen molar-refractivity contribution >= 4 is 40.5 Å². The standard InChI is InChI=1S/C25H36N4O3S/c1-17-8-7-9-19-18(2)16-21(27-22(17)19)28-11-13-29(14-12-28)23(30)20(10-15-33-6)26-24(31)32-25(3,4)5/h7-9,16,20H,10-15H2,1-6H3,(H,26,31). The van der Waals surface area contributed by atoms with Gasteiger partial charge in [-0.05, 0) is 70.2 Å². The molecule has 3 rings (SSSR count). The molecular formula is C25H36N4O3S. The van der Waals surface area contributed by atoms with E-state index >= 15 is 0 Å². The quantitative estimate of drug-likeness (QED) is 0.681. The summed E-state index contributed by atoms with van der Waals surface area (Å²) < 4.78 is 5.37. The zero-order valence-corrected chi connectivity index (χ0v) is 21.4. The number of para-hydroxylation sites is 1. The maximum Gasteiger partial charge on any atom is 0.408 e. The lowest BCUT2D eigenvalue weighted by molar-refractivity contribution is -0.133. The Balaban J connectivity index is 1.67. The number of pyridine rings is 1. The third-order valence-electron chi connectivity index (χ3n) is 5.75. The van der Waals surface area contributed by atoms with E-state index in [1.165, 1.54) is 10.9 Å². The number of fused-ring (bicyclic) bond motifs is 1. The van der Waals surface area contributed by atoms with Crippen LogP contribution in [0.5, 0.6) is 0 Å². The molecule has 0 aliphatic carbocycles. The Kier molecular flexibility index (Phi) is 8.10.